The molecule has 0 atom stereocenters. The van der Waals surface area contributed by atoms with Crippen LogP contribution >= 0.6 is 11.8 Å². The summed E-state index contributed by atoms with van der Waals surface area (Å²) in [4.78, 5) is 12.0. The molecule has 45 heavy (non-hydrogen) atoms. The quantitative estimate of drug-likeness (QED) is 0.112. The number of hydrogen-bond donors (Lipinski definition) is 1. The zero-order valence-corrected chi connectivity index (χ0v) is 27.0. The van der Waals surface area contributed by atoms with Gasteiger partial charge in [-0.25, -0.2) is 4.79 Å². The van der Waals surface area contributed by atoms with Crippen LogP contribution in [-0.4, -0.2) is 30.0 Å². The maximum Gasteiger partial charge on any atom is 0.341 e. The van der Waals surface area contributed by atoms with E-state index in [-0.39, 0.29) is 6.61 Å². The third-order valence-electron chi connectivity index (χ3n) is 7.51. The van der Waals surface area contributed by atoms with E-state index in [0.717, 1.165) is 32.9 Å². The van der Waals surface area contributed by atoms with E-state index in [4.69, 9.17) is 14.6 Å². The van der Waals surface area contributed by atoms with Gasteiger partial charge in [0.2, 0.25) is 0 Å². The van der Waals surface area contributed by atoms with Crippen molar-refractivity contribution in [1.82, 2.24) is 0 Å². The molecule has 0 saturated carbocycles. The minimum atomic E-state index is -0.995. The van der Waals surface area contributed by atoms with E-state index in [0.29, 0.717) is 18.1 Å². The van der Waals surface area contributed by atoms with E-state index < -0.39 is 5.97 Å². The SMILES string of the molecule is CCOC(CSc1ccc(OCC(=O)O)c(C)c1)=C(c1ccc(-c2cccc(C)c2)cc1)c1ccc(-c2cccc(C)c2)cc1. The van der Waals surface area contributed by atoms with Crippen LogP contribution in [0.15, 0.2) is 126 Å². The van der Waals surface area contributed by atoms with Crippen LogP contribution in [0.5, 0.6) is 5.75 Å². The summed E-state index contributed by atoms with van der Waals surface area (Å²) in [6.45, 7) is 8.36. The number of aliphatic carboxylic acids is 1. The van der Waals surface area contributed by atoms with E-state index in [1.165, 1.54) is 33.4 Å². The van der Waals surface area contributed by atoms with Crippen LogP contribution in [0.3, 0.4) is 0 Å². The Kier molecular flexibility index (Phi) is 10.4. The van der Waals surface area contributed by atoms with Gasteiger partial charge in [-0.1, -0.05) is 108 Å². The van der Waals surface area contributed by atoms with Crippen molar-refractivity contribution in [3.8, 4) is 28.0 Å². The van der Waals surface area contributed by atoms with Crippen molar-refractivity contribution in [2.75, 3.05) is 19.0 Å². The highest BCUT2D eigenvalue weighted by Crippen LogP contribution is 2.35. The summed E-state index contributed by atoms with van der Waals surface area (Å²) >= 11 is 1.68. The second-order valence-electron chi connectivity index (χ2n) is 11.0. The lowest BCUT2D eigenvalue weighted by Gasteiger charge is -2.18. The fourth-order valence-corrected chi connectivity index (χ4v) is 6.27. The molecule has 1 N–H and O–H groups in total. The fraction of sp³-hybridized carbons (Fsp3) is 0.175. The summed E-state index contributed by atoms with van der Waals surface area (Å²) in [5, 5.41) is 8.98. The smallest absolute Gasteiger partial charge is 0.341 e. The molecule has 5 aromatic rings. The van der Waals surface area contributed by atoms with Crippen LogP contribution in [0.1, 0.15) is 34.7 Å². The molecule has 0 saturated heterocycles. The zero-order chi connectivity index (χ0) is 31.8. The second-order valence-corrected chi connectivity index (χ2v) is 12.1. The number of thioether (sulfide) groups is 1. The molecule has 5 aromatic carbocycles. The monoisotopic (exact) mass is 614 g/mol. The van der Waals surface area contributed by atoms with Gasteiger partial charge in [-0.2, -0.15) is 0 Å². The molecule has 4 nitrogen and oxygen atoms in total. The molecule has 0 aliphatic rings. The highest BCUT2D eigenvalue weighted by molar-refractivity contribution is 7.99. The van der Waals surface area contributed by atoms with E-state index in [2.05, 4.69) is 111 Å². The molecule has 5 heteroatoms. The Bertz CT molecular complexity index is 1710. The number of carbonyl (C=O) groups is 1. The van der Waals surface area contributed by atoms with Crippen LogP contribution < -0.4 is 4.74 Å². The lowest BCUT2D eigenvalue weighted by Crippen LogP contribution is -2.10. The Morgan fingerprint density at radius 2 is 1.24 bits per heavy atom. The third-order valence-corrected chi connectivity index (χ3v) is 8.51. The highest BCUT2D eigenvalue weighted by Gasteiger charge is 2.16. The van der Waals surface area contributed by atoms with Crippen LogP contribution in [0.25, 0.3) is 27.8 Å². The van der Waals surface area contributed by atoms with Gasteiger partial charge in [0, 0.05) is 10.5 Å². The standard InChI is InChI=1S/C40H38O4S/c1-5-43-38(26-45-36-20-21-37(29(4)24-36)44-25-39(41)42)40(32-16-12-30(13-17-32)34-10-6-8-27(2)22-34)33-18-14-31(15-19-33)35-11-7-9-28(3)23-35/h6-24H,5,25-26H2,1-4H3,(H,41,42). The van der Waals surface area contributed by atoms with Crippen LogP contribution in [0.4, 0.5) is 0 Å². The molecule has 228 valence electrons. The first-order valence-corrected chi connectivity index (χ1v) is 16.1. The van der Waals surface area contributed by atoms with E-state index >= 15 is 0 Å². The van der Waals surface area contributed by atoms with Crippen molar-refractivity contribution in [2.45, 2.75) is 32.6 Å². The fourth-order valence-electron chi connectivity index (χ4n) is 5.32. The summed E-state index contributed by atoms with van der Waals surface area (Å²) in [7, 11) is 0. The minimum Gasteiger partial charge on any atom is -0.497 e. The Hall–Kier alpha value is -4.74. The number of carboxylic acid groups (broad SMARTS) is 1. The largest absolute Gasteiger partial charge is 0.497 e. The summed E-state index contributed by atoms with van der Waals surface area (Å²) < 4.78 is 11.8. The maximum absolute atomic E-state index is 10.9. The molecular formula is C40H38O4S. The number of benzene rings is 5. The van der Waals surface area contributed by atoms with Crippen molar-refractivity contribution < 1.29 is 19.4 Å². The minimum absolute atomic E-state index is 0.362. The average Bonchev–Trinajstić information content (AvgIpc) is 3.04. The molecule has 5 rings (SSSR count). The summed E-state index contributed by atoms with van der Waals surface area (Å²) in [5.41, 5.74) is 11.3. The van der Waals surface area contributed by atoms with Gasteiger partial charge in [-0.15, -0.1) is 11.8 Å². The number of aryl methyl sites for hydroxylation is 3. The van der Waals surface area contributed by atoms with Gasteiger partial charge in [0.1, 0.15) is 11.5 Å². The van der Waals surface area contributed by atoms with E-state index in [9.17, 15) is 4.79 Å². The van der Waals surface area contributed by atoms with Crippen LogP contribution in [0.2, 0.25) is 0 Å². The molecule has 0 unspecified atom stereocenters. The Labute approximate surface area is 270 Å². The number of carboxylic acids is 1. The van der Waals surface area contributed by atoms with Crippen LogP contribution in [-0.2, 0) is 9.53 Å². The van der Waals surface area contributed by atoms with Crippen molar-refractivity contribution in [3.63, 3.8) is 0 Å². The molecule has 0 aromatic heterocycles. The molecule has 0 aliphatic carbocycles. The number of hydrogen-bond acceptors (Lipinski definition) is 4. The molecule has 0 fully saturated rings. The maximum atomic E-state index is 10.9. The van der Waals surface area contributed by atoms with Gasteiger partial charge in [0.25, 0.3) is 0 Å². The van der Waals surface area contributed by atoms with Gasteiger partial charge >= 0.3 is 5.97 Å². The first-order chi connectivity index (χ1) is 21.8. The van der Waals surface area contributed by atoms with Gasteiger partial charge in [-0.05, 0) is 84.8 Å². The highest BCUT2D eigenvalue weighted by atomic mass is 32.2. The van der Waals surface area contributed by atoms with Crippen molar-refractivity contribution >= 4 is 23.3 Å². The summed E-state index contributed by atoms with van der Waals surface area (Å²) in [6, 6.07) is 40.4. The Balaban J connectivity index is 1.51. The lowest BCUT2D eigenvalue weighted by atomic mass is 9.93. The van der Waals surface area contributed by atoms with Crippen molar-refractivity contribution in [1.29, 1.82) is 0 Å². The summed E-state index contributed by atoms with van der Waals surface area (Å²) in [6.07, 6.45) is 0. The van der Waals surface area contributed by atoms with E-state index in [1.807, 2.05) is 32.0 Å². The predicted octanol–water partition coefficient (Wildman–Crippen LogP) is 10.00. The second kappa shape index (κ2) is 14.8. The first-order valence-electron chi connectivity index (χ1n) is 15.1. The van der Waals surface area contributed by atoms with Gasteiger partial charge in [0.15, 0.2) is 6.61 Å². The number of rotatable bonds is 12. The normalized spacial score (nSPS) is 10.8. The van der Waals surface area contributed by atoms with Crippen molar-refractivity contribution in [2.24, 2.45) is 0 Å². The molecule has 0 aliphatic heterocycles. The van der Waals surface area contributed by atoms with Gasteiger partial charge in [0.05, 0.1) is 12.4 Å². The molecule has 0 heterocycles. The zero-order valence-electron chi connectivity index (χ0n) is 26.2. The first kappa shape index (κ1) is 31.7. The Morgan fingerprint density at radius 1 is 0.689 bits per heavy atom. The molecular weight excluding hydrogens is 577 g/mol. The molecule has 0 bridgehead atoms. The topological polar surface area (TPSA) is 55.8 Å². The van der Waals surface area contributed by atoms with Crippen molar-refractivity contribution in [3.05, 3.63) is 149 Å². The number of ether oxygens (including phenoxy) is 2. The predicted molar refractivity (Wildman–Crippen MR) is 186 cm³/mol. The summed E-state index contributed by atoms with van der Waals surface area (Å²) in [5.74, 6) is 1.10. The average molecular weight is 615 g/mol. The van der Waals surface area contributed by atoms with Gasteiger partial charge in [-0.3, -0.25) is 0 Å². The lowest BCUT2D eigenvalue weighted by molar-refractivity contribution is -0.139. The molecule has 0 spiro atoms. The van der Waals surface area contributed by atoms with E-state index in [1.54, 1.807) is 11.8 Å². The molecule has 0 amide bonds. The van der Waals surface area contributed by atoms with Gasteiger partial charge < -0.3 is 14.6 Å². The van der Waals surface area contributed by atoms with Crippen LogP contribution in [0, 0.1) is 20.8 Å². The molecule has 0 radical (unpaired) electrons. The third kappa shape index (κ3) is 8.25. The Morgan fingerprint density at radius 3 is 1.71 bits per heavy atom.